The number of fused-ring (bicyclic) bond motifs is 1. The third-order valence-corrected chi connectivity index (χ3v) is 6.16. The molecule has 0 amide bonds. The predicted molar refractivity (Wildman–Crippen MR) is 103 cm³/mol. The zero-order valence-corrected chi connectivity index (χ0v) is 16.6. The number of methoxy groups -OCH3 is 1. The summed E-state index contributed by atoms with van der Waals surface area (Å²) in [5.74, 6) is -1.60. The van der Waals surface area contributed by atoms with E-state index in [1.807, 2.05) is 55.5 Å². The molecule has 0 N–H and O–H groups in total. The quantitative estimate of drug-likeness (QED) is 0.589. The molecule has 2 aromatic carbocycles. The maximum absolute atomic E-state index is 13.4. The van der Waals surface area contributed by atoms with E-state index >= 15 is 0 Å². The molecule has 0 bridgehead atoms. The number of cyclic esters (lactones) is 2. The summed E-state index contributed by atoms with van der Waals surface area (Å²) in [4.78, 5) is 26.7. The molecule has 28 heavy (non-hydrogen) atoms. The molecule has 5 nitrogen and oxygen atoms in total. The molecule has 1 unspecified atom stereocenters. The second-order valence-electron chi connectivity index (χ2n) is 8.27. The van der Waals surface area contributed by atoms with Crippen molar-refractivity contribution in [2.45, 2.75) is 44.8 Å². The Hall–Kier alpha value is -2.82. The van der Waals surface area contributed by atoms with Crippen LogP contribution in [0.2, 0.25) is 0 Å². The van der Waals surface area contributed by atoms with Gasteiger partial charge in [-0.15, -0.1) is 0 Å². The van der Waals surface area contributed by atoms with Gasteiger partial charge in [-0.2, -0.15) is 0 Å². The smallest absolute Gasteiger partial charge is 0.328 e. The standard InChI is InChI=1S/C23H24O5/c1-21(2)27-19(24)23(20(25)28-21)14-16-8-6-5-7-15(16)13-22(23,3)17-9-11-18(26-4)12-10-17/h5-12H,13-14H2,1-4H3. The first-order valence-corrected chi connectivity index (χ1v) is 9.40. The Bertz CT molecular complexity index is 924. The summed E-state index contributed by atoms with van der Waals surface area (Å²) in [6.45, 7) is 5.11. The lowest BCUT2D eigenvalue weighted by atomic mass is 9.52. The molecule has 0 radical (unpaired) electrons. The largest absolute Gasteiger partial charge is 0.497 e. The van der Waals surface area contributed by atoms with Gasteiger partial charge in [-0.25, -0.2) is 0 Å². The summed E-state index contributed by atoms with van der Waals surface area (Å²) in [5.41, 5.74) is 0.708. The van der Waals surface area contributed by atoms with Crippen LogP contribution in [0.25, 0.3) is 0 Å². The first-order chi connectivity index (χ1) is 13.2. The van der Waals surface area contributed by atoms with Crippen LogP contribution >= 0.6 is 0 Å². The van der Waals surface area contributed by atoms with E-state index in [9.17, 15) is 9.59 Å². The van der Waals surface area contributed by atoms with Gasteiger partial charge in [-0.05, 0) is 35.2 Å². The Morgan fingerprint density at radius 3 is 1.89 bits per heavy atom. The fourth-order valence-electron chi connectivity index (χ4n) is 4.54. The molecule has 1 heterocycles. The molecule has 0 aromatic heterocycles. The Balaban J connectivity index is 1.93. The van der Waals surface area contributed by atoms with Crippen LogP contribution in [0.3, 0.4) is 0 Å². The number of benzene rings is 2. The lowest BCUT2D eigenvalue weighted by molar-refractivity contribution is -0.257. The predicted octanol–water partition coefficient (Wildman–Crippen LogP) is 3.57. The van der Waals surface area contributed by atoms with E-state index < -0.39 is 28.6 Å². The van der Waals surface area contributed by atoms with Crippen molar-refractivity contribution in [1.82, 2.24) is 0 Å². The average molecular weight is 380 g/mol. The molecule has 2 aromatic rings. The first-order valence-electron chi connectivity index (χ1n) is 9.40. The number of hydrogen-bond acceptors (Lipinski definition) is 5. The van der Waals surface area contributed by atoms with Crippen molar-refractivity contribution in [2.75, 3.05) is 7.11 Å². The second kappa shape index (κ2) is 6.09. The van der Waals surface area contributed by atoms with Gasteiger partial charge in [-0.1, -0.05) is 43.3 Å². The van der Waals surface area contributed by atoms with Gasteiger partial charge < -0.3 is 14.2 Å². The lowest BCUT2D eigenvalue weighted by Gasteiger charge is -2.52. The summed E-state index contributed by atoms with van der Waals surface area (Å²) in [5, 5.41) is 0. The van der Waals surface area contributed by atoms with Gasteiger partial charge in [0.15, 0.2) is 5.41 Å². The highest BCUT2D eigenvalue weighted by molar-refractivity contribution is 6.04. The Labute approximate surface area is 164 Å². The van der Waals surface area contributed by atoms with Gasteiger partial charge >= 0.3 is 11.9 Å². The molecule has 1 saturated heterocycles. The summed E-state index contributed by atoms with van der Waals surface area (Å²) in [7, 11) is 1.60. The van der Waals surface area contributed by atoms with Crippen LogP contribution in [0.1, 0.15) is 37.5 Å². The van der Waals surface area contributed by atoms with E-state index in [0.717, 1.165) is 16.7 Å². The van der Waals surface area contributed by atoms with Crippen LogP contribution in [0.15, 0.2) is 48.5 Å². The molecule has 2 aliphatic rings. The van der Waals surface area contributed by atoms with Crippen molar-refractivity contribution in [3.8, 4) is 5.75 Å². The van der Waals surface area contributed by atoms with E-state index in [4.69, 9.17) is 14.2 Å². The monoisotopic (exact) mass is 380 g/mol. The fourth-order valence-corrected chi connectivity index (χ4v) is 4.54. The molecule has 1 atom stereocenters. The van der Waals surface area contributed by atoms with Crippen LogP contribution in [-0.2, 0) is 37.3 Å². The number of carbonyl (C=O) groups is 2. The van der Waals surface area contributed by atoms with Crippen molar-refractivity contribution in [2.24, 2.45) is 5.41 Å². The van der Waals surface area contributed by atoms with Gasteiger partial charge in [0.2, 0.25) is 0 Å². The first kappa shape index (κ1) is 18.5. The van der Waals surface area contributed by atoms with Crippen molar-refractivity contribution < 1.29 is 23.8 Å². The van der Waals surface area contributed by atoms with Gasteiger partial charge in [0.25, 0.3) is 5.79 Å². The topological polar surface area (TPSA) is 61.8 Å². The molecule has 1 spiro atoms. The normalized spacial score (nSPS) is 24.9. The van der Waals surface area contributed by atoms with E-state index in [2.05, 4.69) is 0 Å². The van der Waals surface area contributed by atoms with E-state index in [1.54, 1.807) is 21.0 Å². The third-order valence-electron chi connectivity index (χ3n) is 6.16. The van der Waals surface area contributed by atoms with Crippen LogP contribution in [0, 0.1) is 5.41 Å². The number of esters is 2. The van der Waals surface area contributed by atoms with E-state index in [-0.39, 0.29) is 6.42 Å². The molecule has 0 saturated carbocycles. The van der Waals surface area contributed by atoms with Crippen molar-refractivity contribution in [3.63, 3.8) is 0 Å². The van der Waals surface area contributed by atoms with E-state index in [1.165, 1.54) is 0 Å². The van der Waals surface area contributed by atoms with Crippen LogP contribution in [0.4, 0.5) is 0 Å². The van der Waals surface area contributed by atoms with Gasteiger partial charge in [0.05, 0.1) is 7.11 Å². The van der Waals surface area contributed by atoms with Gasteiger partial charge in [0.1, 0.15) is 5.75 Å². The minimum Gasteiger partial charge on any atom is -0.497 e. The van der Waals surface area contributed by atoms with E-state index in [0.29, 0.717) is 12.2 Å². The number of carbonyl (C=O) groups excluding carboxylic acids is 2. The highest BCUT2D eigenvalue weighted by atomic mass is 16.7. The zero-order chi connectivity index (χ0) is 20.2. The Kier molecular flexibility index (Phi) is 4.03. The fraction of sp³-hybridized carbons (Fsp3) is 0.391. The molecule has 1 fully saturated rings. The summed E-state index contributed by atoms with van der Waals surface area (Å²) in [6, 6.07) is 15.4. The van der Waals surface area contributed by atoms with Crippen LogP contribution < -0.4 is 4.74 Å². The highest BCUT2D eigenvalue weighted by Gasteiger charge is 2.67. The van der Waals surface area contributed by atoms with Crippen LogP contribution in [-0.4, -0.2) is 24.8 Å². The molecule has 1 aliphatic heterocycles. The third kappa shape index (κ3) is 2.53. The second-order valence-corrected chi connectivity index (χ2v) is 8.27. The maximum Gasteiger partial charge on any atom is 0.328 e. The zero-order valence-electron chi connectivity index (χ0n) is 16.6. The average Bonchev–Trinajstić information content (AvgIpc) is 2.65. The molecule has 146 valence electrons. The molecule has 5 heteroatoms. The molecular formula is C23H24O5. The molecule has 1 aliphatic carbocycles. The summed E-state index contributed by atoms with van der Waals surface area (Å²) in [6.07, 6.45) is 0.777. The summed E-state index contributed by atoms with van der Waals surface area (Å²) >= 11 is 0. The van der Waals surface area contributed by atoms with Crippen molar-refractivity contribution in [1.29, 1.82) is 0 Å². The lowest BCUT2D eigenvalue weighted by Crippen LogP contribution is -2.65. The van der Waals surface area contributed by atoms with Gasteiger partial charge in [-0.3, -0.25) is 9.59 Å². The van der Waals surface area contributed by atoms with Crippen LogP contribution in [0.5, 0.6) is 5.75 Å². The SMILES string of the molecule is COc1ccc(C2(C)Cc3ccccc3CC23C(=O)OC(C)(C)OC3=O)cc1. The number of rotatable bonds is 2. The number of ether oxygens (including phenoxy) is 3. The van der Waals surface area contributed by atoms with Crippen molar-refractivity contribution in [3.05, 3.63) is 65.2 Å². The number of hydrogen-bond donors (Lipinski definition) is 0. The Morgan fingerprint density at radius 1 is 0.821 bits per heavy atom. The molecular weight excluding hydrogens is 356 g/mol. The van der Waals surface area contributed by atoms with Gasteiger partial charge in [0, 0.05) is 25.7 Å². The van der Waals surface area contributed by atoms with Crippen molar-refractivity contribution >= 4 is 11.9 Å². The minimum atomic E-state index is -1.44. The maximum atomic E-state index is 13.4. The minimum absolute atomic E-state index is 0.249. The molecule has 4 rings (SSSR count). The Morgan fingerprint density at radius 2 is 1.36 bits per heavy atom. The highest BCUT2D eigenvalue weighted by Crippen LogP contribution is 2.54. The summed E-state index contributed by atoms with van der Waals surface area (Å²) < 4.78 is 16.5.